The maximum atomic E-state index is 6.58. The van der Waals surface area contributed by atoms with Gasteiger partial charge < -0.3 is 4.74 Å². The van der Waals surface area contributed by atoms with E-state index in [4.69, 9.17) is 31.4 Å². The SMILES string of the molecule is COc1ccc(C2=Nc3nc(-c4ccc(C)cc4)nn3C(c3ccccc3Cl)C2)cc1. The van der Waals surface area contributed by atoms with Gasteiger partial charge in [-0.15, -0.1) is 5.10 Å². The molecule has 0 spiro atoms. The van der Waals surface area contributed by atoms with Gasteiger partial charge in [-0.3, -0.25) is 0 Å². The van der Waals surface area contributed by atoms with E-state index in [2.05, 4.69) is 19.1 Å². The summed E-state index contributed by atoms with van der Waals surface area (Å²) in [6.07, 6.45) is 0.666. The zero-order valence-corrected chi connectivity index (χ0v) is 18.0. The highest BCUT2D eigenvalue weighted by Gasteiger charge is 2.29. The third-order valence-corrected chi connectivity index (χ3v) is 5.87. The fourth-order valence-corrected chi connectivity index (χ4v) is 4.08. The largest absolute Gasteiger partial charge is 0.497 e. The molecule has 0 amide bonds. The lowest BCUT2D eigenvalue weighted by molar-refractivity contribution is 0.415. The maximum absolute atomic E-state index is 6.58. The molecule has 0 N–H and O–H groups in total. The molecule has 6 heteroatoms. The number of aliphatic imine (C=N–C) groups is 1. The van der Waals surface area contributed by atoms with Crippen molar-refractivity contribution in [2.24, 2.45) is 4.99 Å². The molecule has 0 saturated heterocycles. The van der Waals surface area contributed by atoms with Crippen molar-refractivity contribution in [3.8, 4) is 17.1 Å². The molecule has 0 bridgehead atoms. The lowest BCUT2D eigenvalue weighted by Crippen LogP contribution is -2.21. The van der Waals surface area contributed by atoms with Crippen LogP contribution in [0.2, 0.25) is 5.02 Å². The Morgan fingerprint density at radius 2 is 1.65 bits per heavy atom. The molecule has 1 atom stereocenters. The second kappa shape index (κ2) is 8.00. The van der Waals surface area contributed by atoms with Crippen LogP contribution in [0.25, 0.3) is 11.4 Å². The first-order chi connectivity index (χ1) is 15.1. The van der Waals surface area contributed by atoms with E-state index in [1.54, 1.807) is 7.11 Å². The average molecular weight is 429 g/mol. The van der Waals surface area contributed by atoms with Crippen LogP contribution in [0.15, 0.2) is 77.8 Å². The molecule has 3 aromatic carbocycles. The predicted octanol–water partition coefficient (Wildman–Crippen LogP) is 6.03. The summed E-state index contributed by atoms with van der Waals surface area (Å²) in [5.74, 6) is 2.05. The van der Waals surface area contributed by atoms with Gasteiger partial charge in [0.15, 0.2) is 5.82 Å². The number of methoxy groups -OCH3 is 1. The number of ether oxygens (including phenoxy) is 1. The van der Waals surface area contributed by atoms with E-state index in [9.17, 15) is 0 Å². The minimum atomic E-state index is -0.0926. The van der Waals surface area contributed by atoms with Crippen LogP contribution >= 0.6 is 11.6 Å². The Morgan fingerprint density at radius 3 is 2.35 bits per heavy atom. The van der Waals surface area contributed by atoms with Crippen LogP contribution in [-0.2, 0) is 0 Å². The van der Waals surface area contributed by atoms with Gasteiger partial charge in [0.05, 0.1) is 18.9 Å². The maximum Gasteiger partial charge on any atom is 0.249 e. The number of halogens is 1. The highest BCUT2D eigenvalue weighted by Crippen LogP contribution is 2.37. The number of benzene rings is 3. The van der Waals surface area contributed by atoms with Gasteiger partial charge in [0.1, 0.15) is 5.75 Å². The third-order valence-electron chi connectivity index (χ3n) is 5.53. The Labute approximate surface area is 186 Å². The normalized spacial score (nSPS) is 15.3. The summed E-state index contributed by atoms with van der Waals surface area (Å²) in [5.41, 5.74) is 5.15. The molecule has 1 aliphatic rings. The second-order valence-electron chi connectivity index (χ2n) is 7.57. The van der Waals surface area contributed by atoms with Crippen LogP contribution in [0.3, 0.4) is 0 Å². The Morgan fingerprint density at radius 1 is 0.935 bits per heavy atom. The minimum absolute atomic E-state index is 0.0926. The molecule has 154 valence electrons. The molecule has 31 heavy (non-hydrogen) atoms. The van der Waals surface area contributed by atoms with Gasteiger partial charge in [-0.25, -0.2) is 9.67 Å². The van der Waals surface area contributed by atoms with Gasteiger partial charge >= 0.3 is 0 Å². The molecule has 5 nitrogen and oxygen atoms in total. The van der Waals surface area contributed by atoms with E-state index >= 15 is 0 Å². The van der Waals surface area contributed by atoms with Crippen molar-refractivity contribution in [2.75, 3.05) is 7.11 Å². The Balaban J connectivity index is 1.63. The quantitative estimate of drug-likeness (QED) is 0.398. The Bertz CT molecular complexity index is 1260. The number of aromatic nitrogens is 3. The Kier molecular flexibility index (Phi) is 5.04. The van der Waals surface area contributed by atoms with Crippen LogP contribution in [0, 0.1) is 6.92 Å². The molecule has 0 fully saturated rings. The fraction of sp³-hybridized carbons (Fsp3) is 0.160. The molecule has 1 unspecified atom stereocenters. The zero-order valence-electron chi connectivity index (χ0n) is 17.3. The molecule has 0 aliphatic carbocycles. The molecule has 1 aliphatic heterocycles. The smallest absolute Gasteiger partial charge is 0.249 e. The van der Waals surface area contributed by atoms with E-state index in [-0.39, 0.29) is 6.04 Å². The highest BCUT2D eigenvalue weighted by molar-refractivity contribution is 6.31. The van der Waals surface area contributed by atoms with E-state index in [0.29, 0.717) is 23.2 Å². The number of nitrogens with zero attached hydrogens (tertiary/aromatic N) is 4. The summed E-state index contributed by atoms with van der Waals surface area (Å²) in [4.78, 5) is 9.62. The van der Waals surface area contributed by atoms with E-state index in [1.165, 1.54) is 5.56 Å². The van der Waals surface area contributed by atoms with Crippen molar-refractivity contribution in [1.29, 1.82) is 0 Å². The van der Waals surface area contributed by atoms with Crippen LogP contribution in [0.4, 0.5) is 5.95 Å². The minimum Gasteiger partial charge on any atom is -0.497 e. The van der Waals surface area contributed by atoms with Crippen molar-refractivity contribution >= 4 is 23.3 Å². The first kappa shape index (κ1) is 19.5. The van der Waals surface area contributed by atoms with Crippen LogP contribution in [0.5, 0.6) is 5.75 Å². The van der Waals surface area contributed by atoms with Crippen LogP contribution in [0.1, 0.15) is 29.2 Å². The van der Waals surface area contributed by atoms with Crippen molar-refractivity contribution in [3.05, 3.63) is 94.5 Å². The summed E-state index contributed by atoms with van der Waals surface area (Å²) in [5, 5.41) is 5.53. The summed E-state index contributed by atoms with van der Waals surface area (Å²) >= 11 is 6.58. The number of hydrogen-bond acceptors (Lipinski definition) is 4. The second-order valence-corrected chi connectivity index (χ2v) is 7.98. The van der Waals surface area contributed by atoms with Crippen LogP contribution < -0.4 is 4.74 Å². The topological polar surface area (TPSA) is 52.3 Å². The van der Waals surface area contributed by atoms with Crippen molar-refractivity contribution in [3.63, 3.8) is 0 Å². The monoisotopic (exact) mass is 428 g/mol. The standard InChI is InChI=1S/C25H21ClN4O/c1-16-7-9-18(10-8-16)24-28-25-27-22(17-11-13-19(31-2)14-12-17)15-23(30(25)29-24)20-5-3-4-6-21(20)26/h3-14,23H,15H2,1-2H3. The van der Waals surface area contributed by atoms with Crippen LogP contribution in [-0.4, -0.2) is 27.6 Å². The number of fused-ring (bicyclic) bond motifs is 1. The van der Waals surface area contributed by atoms with Gasteiger partial charge in [0, 0.05) is 17.0 Å². The number of hydrogen-bond donors (Lipinski definition) is 0. The van der Waals surface area contributed by atoms with Gasteiger partial charge in [-0.1, -0.05) is 59.6 Å². The average Bonchev–Trinajstić information content (AvgIpc) is 3.24. The fourth-order valence-electron chi connectivity index (χ4n) is 3.81. The highest BCUT2D eigenvalue weighted by atomic mass is 35.5. The molecule has 2 heterocycles. The summed E-state index contributed by atoms with van der Waals surface area (Å²) < 4.78 is 7.19. The Hall–Kier alpha value is -3.44. The predicted molar refractivity (Wildman–Crippen MR) is 124 cm³/mol. The van der Waals surface area contributed by atoms with Gasteiger partial charge in [0.25, 0.3) is 0 Å². The molecule has 1 aromatic heterocycles. The third kappa shape index (κ3) is 3.73. The lowest BCUT2D eigenvalue weighted by atomic mass is 9.96. The van der Waals surface area contributed by atoms with Crippen molar-refractivity contribution < 1.29 is 4.74 Å². The molecule has 4 aromatic rings. The van der Waals surface area contributed by atoms with Crippen molar-refractivity contribution in [1.82, 2.24) is 14.8 Å². The zero-order chi connectivity index (χ0) is 21.4. The summed E-state index contributed by atoms with van der Waals surface area (Å²) in [6.45, 7) is 2.06. The lowest BCUT2D eigenvalue weighted by Gasteiger charge is -2.24. The van der Waals surface area contributed by atoms with Gasteiger partial charge in [0.2, 0.25) is 5.95 Å². The van der Waals surface area contributed by atoms with Gasteiger partial charge in [-0.2, -0.15) is 4.98 Å². The first-order valence-corrected chi connectivity index (χ1v) is 10.5. The summed E-state index contributed by atoms with van der Waals surface area (Å²) in [6, 6.07) is 23.9. The van der Waals surface area contributed by atoms with E-state index in [0.717, 1.165) is 28.2 Å². The van der Waals surface area contributed by atoms with Crippen molar-refractivity contribution in [2.45, 2.75) is 19.4 Å². The van der Waals surface area contributed by atoms with E-state index < -0.39 is 0 Å². The molecular weight excluding hydrogens is 408 g/mol. The number of rotatable bonds is 4. The molecule has 0 saturated carbocycles. The molecule has 0 radical (unpaired) electrons. The molecule has 5 rings (SSSR count). The molecular formula is C25H21ClN4O. The van der Waals surface area contributed by atoms with E-state index in [1.807, 2.05) is 65.3 Å². The van der Waals surface area contributed by atoms with Gasteiger partial charge in [-0.05, 0) is 48.4 Å². The summed E-state index contributed by atoms with van der Waals surface area (Å²) in [7, 11) is 1.66. The number of aryl methyl sites for hydroxylation is 1. The first-order valence-electron chi connectivity index (χ1n) is 10.1.